The van der Waals surface area contributed by atoms with E-state index in [0.717, 1.165) is 19.3 Å². The van der Waals surface area contributed by atoms with E-state index in [0.29, 0.717) is 0 Å². The molecular weight excluding hydrogens is 176 g/mol. The first-order valence-corrected chi connectivity index (χ1v) is 5.48. The van der Waals surface area contributed by atoms with Crippen molar-refractivity contribution >= 4 is 5.97 Å². The van der Waals surface area contributed by atoms with Crippen molar-refractivity contribution < 1.29 is 9.53 Å². The van der Waals surface area contributed by atoms with Crippen LogP contribution in [0.4, 0.5) is 0 Å². The molecule has 0 aromatic rings. The Hall–Kier alpha value is -0.530. The van der Waals surface area contributed by atoms with Gasteiger partial charge in [0.2, 0.25) is 0 Å². The molecular formula is C12H24O2. The van der Waals surface area contributed by atoms with E-state index in [1.165, 1.54) is 0 Å². The summed E-state index contributed by atoms with van der Waals surface area (Å²) in [6.07, 6.45) is 2.76. The van der Waals surface area contributed by atoms with Crippen LogP contribution in [0.1, 0.15) is 60.8 Å². The molecule has 0 spiro atoms. The number of ether oxygens (including phenoxy) is 1. The summed E-state index contributed by atoms with van der Waals surface area (Å²) in [5.41, 5.74) is -0.677. The average Bonchev–Trinajstić information content (AvgIpc) is 2.03. The SMILES string of the molecule is CCCC(C)(C)OC(=O)C(C)(C)CC. The largest absolute Gasteiger partial charge is 0.459 e. The van der Waals surface area contributed by atoms with Gasteiger partial charge in [-0.25, -0.2) is 0 Å². The first-order chi connectivity index (χ1) is 6.25. The quantitative estimate of drug-likeness (QED) is 0.634. The second-order valence-electron chi connectivity index (χ2n) is 5.14. The zero-order valence-electron chi connectivity index (χ0n) is 10.4. The van der Waals surface area contributed by atoms with Crippen LogP contribution in [-0.4, -0.2) is 11.6 Å². The Kier molecular flexibility index (Phi) is 4.63. The molecule has 0 saturated heterocycles. The number of hydrogen-bond acceptors (Lipinski definition) is 2. The normalized spacial score (nSPS) is 12.7. The fourth-order valence-corrected chi connectivity index (χ4v) is 1.19. The Labute approximate surface area is 88.0 Å². The van der Waals surface area contributed by atoms with Crippen LogP contribution in [0.25, 0.3) is 0 Å². The van der Waals surface area contributed by atoms with Crippen molar-refractivity contribution in [3.8, 4) is 0 Å². The molecule has 84 valence electrons. The molecule has 0 rings (SSSR count). The van der Waals surface area contributed by atoms with E-state index < -0.39 is 0 Å². The first kappa shape index (κ1) is 13.5. The molecule has 0 atom stereocenters. The fourth-order valence-electron chi connectivity index (χ4n) is 1.19. The minimum atomic E-state index is -0.356. The molecule has 0 saturated carbocycles. The van der Waals surface area contributed by atoms with Gasteiger partial charge in [0.15, 0.2) is 0 Å². The van der Waals surface area contributed by atoms with Crippen LogP contribution in [0, 0.1) is 5.41 Å². The van der Waals surface area contributed by atoms with E-state index in [4.69, 9.17) is 4.74 Å². The molecule has 0 N–H and O–H groups in total. The van der Waals surface area contributed by atoms with Gasteiger partial charge >= 0.3 is 5.97 Å². The van der Waals surface area contributed by atoms with Crippen molar-refractivity contribution in [2.75, 3.05) is 0 Å². The van der Waals surface area contributed by atoms with Gasteiger partial charge in [0.25, 0.3) is 0 Å². The predicted octanol–water partition coefficient (Wildman–Crippen LogP) is 3.54. The minimum Gasteiger partial charge on any atom is -0.459 e. The lowest BCUT2D eigenvalue weighted by Crippen LogP contribution is -2.35. The van der Waals surface area contributed by atoms with E-state index >= 15 is 0 Å². The highest BCUT2D eigenvalue weighted by atomic mass is 16.6. The Morgan fingerprint density at radius 2 is 1.64 bits per heavy atom. The van der Waals surface area contributed by atoms with Gasteiger partial charge in [-0.05, 0) is 40.5 Å². The van der Waals surface area contributed by atoms with Crippen molar-refractivity contribution in [1.29, 1.82) is 0 Å². The van der Waals surface area contributed by atoms with Crippen LogP contribution in [0.2, 0.25) is 0 Å². The van der Waals surface area contributed by atoms with E-state index in [1.807, 2.05) is 34.6 Å². The van der Waals surface area contributed by atoms with Gasteiger partial charge in [-0.1, -0.05) is 20.3 Å². The highest BCUT2D eigenvalue weighted by Gasteiger charge is 2.32. The standard InChI is InChI=1S/C12H24O2/c1-7-9-12(5,6)14-10(13)11(3,4)8-2/h7-9H2,1-6H3. The smallest absolute Gasteiger partial charge is 0.312 e. The third kappa shape index (κ3) is 4.12. The molecule has 0 aromatic carbocycles. The molecule has 0 aliphatic heterocycles. The zero-order valence-corrected chi connectivity index (χ0v) is 10.4. The predicted molar refractivity (Wildman–Crippen MR) is 59.2 cm³/mol. The van der Waals surface area contributed by atoms with E-state index in [2.05, 4.69) is 6.92 Å². The summed E-state index contributed by atoms with van der Waals surface area (Å²) in [5, 5.41) is 0. The lowest BCUT2D eigenvalue weighted by molar-refractivity contribution is -0.168. The number of carbonyl (C=O) groups excluding carboxylic acids is 1. The molecule has 0 radical (unpaired) electrons. The molecule has 2 nitrogen and oxygen atoms in total. The summed E-state index contributed by atoms with van der Waals surface area (Å²) >= 11 is 0. The van der Waals surface area contributed by atoms with Crippen LogP contribution in [0.3, 0.4) is 0 Å². The highest BCUT2D eigenvalue weighted by Crippen LogP contribution is 2.26. The molecule has 14 heavy (non-hydrogen) atoms. The minimum absolute atomic E-state index is 0.0848. The fraction of sp³-hybridized carbons (Fsp3) is 0.917. The van der Waals surface area contributed by atoms with E-state index in [-0.39, 0.29) is 17.0 Å². The lowest BCUT2D eigenvalue weighted by atomic mass is 9.90. The first-order valence-electron chi connectivity index (χ1n) is 5.48. The van der Waals surface area contributed by atoms with Crippen LogP contribution < -0.4 is 0 Å². The van der Waals surface area contributed by atoms with Crippen molar-refractivity contribution in [2.24, 2.45) is 5.41 Å². The maximum atomic E-state index is 11.8. The number of rotatable bonds is 5. The topological polar surface area (TPSA) is 26.3 Å². The van der Waals surface area contributed by atoms with Gasteiger partial charge in [0, 0.05) is 0 Å². The van der Waals surface area contributed by atoms with Crippen LogP contribution >= 0.6 is 0 Å². The summed E-state index contributed by atoms with van der Waals surface area (Å²) in [7, 11) is 0. The molecule has 0 aromatic heterocycles. The number of hydrogen-bond donors (Lipinski definition) is 0. The molecule has 0 amide bonds. The maximum Gasteiger partial charge on any atom is 0.312 e. The molecule has 0 bridgehead atoms. The molecule has 0 heterocycles. The Morgan fingerprint density at radius 1 is 1.14 bits per heavy atom. The van der Waals surface area contributed by atoms with Crippen LogP contribution in [0.5, 0.6) is 0 Å². The zero-order chi connectivity index (χ0) is 11.4. The molecule has 0 fully saturated rings. The number of esters is 1. The van der Waals surface area contributed by atoms with Crippen LogP contribution in [0.15, 0.2) is 0 Å². The van der Waals surface area contributed by atoms with Gasteiger partial charge in [0.05, 0.1) is 5.41 Å². The Bertz CT molecular complexity index is 192. The maximum absolute atomic E-state index is 11.8. The lowest BCUT2D eigenvalue weighted by Gasteiger charge is -2.30. The average molecular weight is 200 g/mol. The van der Waals surface area contributed by atoms with E-state index in [1.54, 1.807) is 0 Å². The van der Waals surface area contributed by atoms with Gasteiger partial charge < -0.3 is 4.74 Å². The van der Waals surface area contributed by atoms with Crippen molar-refractivity contribution in [3.63, 3.8) is 0 Å². The van der Waals surface area contributed by atoms with E-state index in [9.17, 15) is 4.79 Å². The monoisotopic (exact) mass is 200 g/mol. The number of carbonyl (C=O) groups is 1. The second-order valence-corrected chi connectivity index (χ2v) is 5.14. The van der Waals surface area contributed by atoms with Crippen molar-refractivity contribution in [1.82, 2.24) is 0 Å². The Morgan fingerprint density at radius 3 is 2.00 bits per heavy atom. The molecule has 0 aliphatic rings. The van der Waals surface area contributed by atoms with Gasteiger partial charge in [-0.15, -0.1) is 0 Å². The third-order valence-corrected chi connectivity index (χ3v) is 2.66. The Balaban J connectivity index is 4.31. The summed E-state index contributed by atoms with van der Waals surface area (Å²) in [4.78, 5) is 11.8. The molecule has 0 unspecified atom stereocenters. The summed E-state index contributed by atoms with van der Waals surface area (Å²) in [5.74, 6) is -0.0848. The summed E-state index contributed by atoms with van der Waals surface area (Å²) in [6.45, 7) is 11.9. The van der Waals surface area contributed by atoms with Gasteiger partial charge in [-0.2, -0.15) is 0 Å². The second kappa shape index (κ2) is 4.81. The van der Waals surface area contributed by atoms with Gasteiger partial charge in [-0.3, -0.25) is 4.79 Å². The summed E-state index contributed by atoms with van der Waals surface area (Å²) < 4.78 is 5.50. The highest BCUT2D eigenvalue weighted by molar-refractivity contribution is 5.76. The van der Waals surface area contributed by atoms with Crippen molar-refractivity contribution in [3.05, 3.63) is 0 Å². The van der Waals surface area contributed by atoms with Crippen molar-refractivity contribution in [2.45, 2.75) is 66.4 Å². The molecule has 2 heteroatoms. The summed E-state index contributed by atoms with van der Waals surface area (Å²) in [6, 6.07) is 0. The van der Waals surface area contributed by atoms with Crippen LogP contribution in [-0.2, 0) is 9.53 Å². The third-order valence-electron chi connectivity index (χ3n) is 2.66. The molecule has 0 aliphatic carbocycles. The van der Waals surface area contributed by atoms with Gasteiger partial charge in [0.1, 0.15) is 5.60 Å².